The van der Waals surface area contributed by atoms with E-state index < -0.39 is 0 Å². The highest BCUT2D eigenvalue weighted by atomic mass is 16.5. The first-order valence-electron chi connectivity index (χ1n) is 7.38. The van der Waals surface area contributed by atoms with Crippen LogP contribution >= 0.6 is 0 Å². The summed E-state index contributed by atoms with van der Waals surface area (Å²) >= 11 is 0. The van der Waals surface area contributed by atoms with Gasteiger partial charge in [0.2, 0.25) is 0 Å². The molecule has 0 aliphatic heterocycles. The quantitative estimate of drug-likeness (QED) is 0.558. The lowest BCUT2D eigenvalue weighted by Crippen LogP contribution is -1.96. The molecule has 0 bridgehead atoms. The van der Waals surface area contributed by atoms with Crippen molar-refractivity contribution in [2.45, 2.75) is 6.61 Å². The Labute approximate surface area is 133 Å². The van der Waals surface area contributed by atoms with Gasteiger partial charge in [0, 0.05) is 23.2 Å². The van der Waals surface area contributed by atoms with Gasteiger partial charge >= 0.3 is 0 Å². The Morgan fingerprint density at radius 2 is 1.78 bits per heavy atom. The SMILES string of the molecule is c1ccc(-c2cc(COc3cccc4cccnc34)no2)cc1. The van der Waals surface area contributed by atoms with Gasteiger partial charge in [0.15, 0.2) is 5.76 Å². The second-order valence-corrected chi connectivity index (χ2v) is 5.17. The maximum atomic E-state index is 5.87. The van der Waals surface area contributed by atoms with E-state index >= 15 is 0 Å². The number of pyridine rings is 1. The summed E-state index contributed by atoms with van der Waals surface area (Å²) in [5, 5.41) is 5.12. The lowest BCUT2D eigenvalue weighted by molar-refractivity contribution is 0.293. The van der Waals surface area contributed by atoms with Crippen LogP contribution < -0.4 is 4.74 Å². The molecule has 0 saturated carbocycles. The fraction of sp³-hybridized carbons (Fsp3) is 0.0526. The molecule has 23 heavy (non-hydrogen) atoms. The minimum absolute atomic E-state index is 0.339. The Kier molecular flexibility index (Phi) is 3.48. The zero-order valence-electron chi connectivity index (χ0n) is 12.3. The van der Waals surface area contributed by atoms with E-state index in [0.717, 1.165) is 33.7 Å². The van der Waals surface area contributed by atoms with E-state index in [4.69, 9.17) is 9.26 Å². The standard InChI is InChI=1S/C19H14N2O2/c1-2-6-14(7-3-1)18-12-16(21-23-18)13-22-17-10-4-8-15-9-5-11-20-19(15)17/h1-12H,13H2. The molecule has 0 amide bonds. The van der Waals surface area contributed by atoms with Gasteiger partial charge in [0.1, 0.15) is 23.6 Å². The maximum absolute atomic E-state index is 5.87. The summed E-state index contributed by atoms with van der Waals surface area (Å²) in [5.41, 5.74) is 2.59. The van der Waals surface area contributed by atoms with E-state index in [1.54, 1.807) is 6.20 Å². The van der Waals surface area contributed by atoms with Crippen LogP contribution in [0.15, 0.2) is 77.4 Å². The van der Waals surface area contributed by atoms with Crippen molar-refractivity contribution >= 4 is 10.9 Å². The Hall–Kier alpha value is -3.14. The lowest BCUT2D eigenvalue weighted by atomic mass is 10.2. The highest BCUT2D eigenvalue weighted by molar-refractivity contribution is 5.84. The molecule has 4 heteroatoms. The first-order valence-corrected chi connectivity index (χ1v) is 7.38. The monoisotopic (exact) mass is 302 g/mol. The molecule has 0 aliphatic rings. The largest absolute Gasteiger partial charge is 0.485 e. The van der Waals surface area contributed by atoms with Crippen molar-refractivity contribution in [2.75, 3.05) is 0 Å². The molecule has 2 aromatic heterocycles. The first kappa shape index (κ1) is 13.5. The minimum atomic E-state index is 0.339. The minimum Gasteiger partial charge on any atom is -0.485 e. The van der Waals surface area contributed by atoms with Crippen molar-refractivity contribution in [3.05, 3.63) is 78.6 Å². The van der Waals surface area contributed by atoms with Crippen LogP contribution in [0.1, 0.15) is 5.69 Å². The van der Waals surface area contributed by atoms with Crippen LogP contribution in [-0.4, -0.2) is 10.1 Å². The Morgan fingerprint density at radius 3 is 2.70 bits per heavy atom. The van der Waals surface area contributed by atoms with Crippen molar-refractivity contribution in [1.82, 2.24) is 10.1 Å². The predicted octanol–water partition coefficient (Wildman–Crippen LogP) is 4.47. The van der Waals surface area contributed by atoms with Gasteiger partial charge in [-0.2, -0.15) is 0 Å². The first-order chi connectivity index (χ1) is 11.4. The molecule has 4 nitrogen and oxygen atoms in total. The van der Waals surface area contributed by atoms with Gasteiger partial charge in [-0.15, -0.1) is 0 Å². The summed E-state index contributed by atoms with van der Waals surface area (Å²) in [6.45, 7) is 0.339. The number of para-hydroxylation sites is 1. The van der Waals surface area contributed by atoms with Gasteiger partial charge in [-0.25, -0.2) is 0 Å². The van der Waals surface area contributed by atoms with E-state index in [0.29, 0.717) is 6.61 Å². The molecule has 4 rings (SSSR count). The number of hydrogen-bond acceptors (Lipinski definition) is 4. The summed E-state index contributed by atoms with van der Waals surface area (Å²) < 4.78 is 11.3. The van der Waals surface area contributed by atoms with Crippen LogP contribution in [-0.2, 0) is 6.61 Å². The van der Waals surface area contributed by atoms with E-state index in [9.17, 15) is 0 Å². The van der Waals surface area contributed by atoms with Gasteiger partial charge in [-0.3, -0.25) is 4.98 Å². The van der Waals surface area contributed by atoms with Crippen LogP contribution in [0, 0.1) is 0 Å². The van der Waals surface area contributed by atoms with Gasteiger partial charge in [-0.05, 0) is 12.1 Å². The summed E-state index contributed by atoms with van der Waals surface area (Å²) in [7, 11) is 0. The lowest BCUT2D eigenvalue weighted by Gasteiger charge is -2.06. The average molecular weight is 302 g/mol. The molecule has 0 N–H and O–H groups in total. The van der Waals surface area contributed by atoms with Crippen LogP contribution in [0.4, 0.5) is 0 Å². The van der Waals surface area contributed by atoms with Crippen LogP contribution in [0.25, 0.3) is 22.2 Å². The summed E-state index contributed by atoms with van der Waals surface area (Å²) in [6, 6.07) is 21.6. The molecule has 0 unspecified atom stereocenters. The average Bonchev–Trinajstić information content (AvgIpc) is 3.10. The van der Waals surface area contributed by atoms with Crippen molar-refractivity contribution in [1.29, 1.82) is 0 Å². The van der Waals surface area contributed by atoms with Crippen molar-refractivity contribution in [2.24, 2.45) is 0 Å². The molecule has 0 aliphatic carbocycles. The van der Waals surface area contributed by atoms with Gasteiger partial charge < -0.3 is 9.26 Å². The van der Waals surface area contributed by atoms with E-state index in [-0.39, 0.29) is 0 Å². The van der Waals surface area contributed by atoms with E-state index in [1.807, 2.05) is 66.7 Å². The summed E-state index contributed by atoms with van der Waals surface area (Å²) in [6.07, 6.45) is 1.76. The highest BCUT2D eigenvalue weighted by Crippen LogP contribution is 2.25. The Balaban J connectivity index is 1.54. The van der Waals surface area contributed by atoms with E-state index in [2.05, 4.69) is 10.1 Å². The smallest absolute Gasteiger partial charge is 0.167 e. The van der Waals surface area contributed by atoms with Gasteiger partial charge in [0.05, 0.1) is 0 Å². The molecule has 0 saturated heterocycles. The van der Waals surface area contributed by atoms with Crippen LogP contribution in [0.2, 0.25) is 0 Å². The summed E-state index contributed by atoms with van der Waals surface area (Å²) in [4.78, 5) is 4.38. The highest BCUT2D eigenvalue weighted by Gasteiger charge is 2.08. The third-order valence-electron chi connectivity index (χ3n) is 3.59. The Bertz CT molecular complexity index is 927. The molecular formula is C19H14N2O2. The maximum Gasteiger partial charge on any atom is 0.167 e. The number of fused-ring (bicyclic) bond motifs is 1. The molecular weight excluding hydrogens is 288 g/mol. The second kappa shape index (κ2) is 5.93. The van der Waals surface area contributed by atoms with Crippen molar-refractivity contribution < 1.29 is 9.26 Å². The number of benzene rings is 2. The summed E-state index contributed by atoms with van der Waals surface area (Å²) in [5.74, 6) is 1.48. The van der Waals surface area contributed by atoms with E-state index in [1.165, 1.54) is 0 Å². The van der Waals surface area contributed by atoms with Crippen LogP contribution in [0.3, 0.4) is 0 Å². The topological polar surface area (TPSA) is 48.2 Å². The molecule has 4 aromatic rings. The zero-order valence-corrected chi connectivity index (χ0v) is 12.3. The predicted molar refractivity (Wildman–Crippen MR) is 88.0 cm³/mol. The number of hydrogen-bond donors (Lipinski definition) is 0. The number of ether oxygens (including phenoxy) is 1. The third kappa shape index (κ3) is 2.79. The molecule has 112 valence electrons. The molecule has 2 aromatic carbocycles. The zero-order chi connectivity index (χ0) is 15.5. The van der Waals surface area contributed by atoms with Gasteiger partial charge in [0.25, 0.3) is 0 Å². The van der Waals surface area contributed by atoms with Crippen LogP contribution in [0.5, 0.6) is 5.75 Å². The second-order valence-electron chi connectivity index (χ2n) is 5.17. The molecule has 0 fully saturated rings. The molecule has 2 heterocycles. The molecule has 0 radical (unpaired) electrons. The molecule has 0 spiro atoms. The van der Waals surface area contributed by atoms with Gasteiger partial charge in [-0.1, -0.05) is 53.7 Å². The third-order valence-corrected chi connectivity index (χ3v) is 3.59. The van der Waals surface area contributed by atoms with Crippen molar-refractivity contribution in [3.63, 3.8) is 0 Å². The fourth-order valence-corrected chi connectivity index (χ4v) is 2.46. The number of rotatable bonds is 4. The number of aromatic nitrogens is 2. The Morgan fingerprint density at radius 1 is 0.913 bits per heavy atom. The normalized spacial score (nSPS) is 10.8. The van der Waals surface area contributed by atoms with Crippen molar-refractivity contribution in [3.8, 4) is 17.1 Å². The number of nitrogens with zero attached hydrogens (tertiary/aromatic N) is 2. The fourth-order valence-electron chi connectivity index (χ4n) is 2.46. The molecule has 0 atom stereocenters.